The highest BCUT2D eigenvalue weighted by Crippen LogP contribution is 2.34. The fourth-order valence-corrected chi connectivity index (χ4v) is 1.96. The molecule has 0 aliphatic heterocycles. The van der Waals surface area contributed by atoms with Crippen LogP contribution in [-0.2, 0) is 0 Å². The van der Waals surface area contributed by atoms with Crippen LogP contribution in [-0.4, -0.2) is 0 Å². The van der Waals surface area contributed by atoms with Gasteiger partial charge in [0.05, 0.1) is 0 Å². The van der Waals surface area contributed by atoms with Gasteiger partial charge in [-0.15, -0.1) is 0 Å². The first kappa shape index (κ1) is 12.1. The van der Waals surface area contributed by atoms with E-state index >= 15 is 0 Å². The maximum Gasteiger partial charge on any atom is 0.124 e. The van der Waals surface area contributed by atoms with Gasteiger partial charge in [-0.1, -0.05) is 60.7 Å². The van der Waals surface area contributed by atoms with Gasteiger partial charge in [0.25, 0.3) is 0 Å². The van der Waals surface area contributed by atoms with Crippen LogP contribution in [0.4, 0.5) is 0 Å². The third-order valence-corrected chi connectivity index (χ3v) is 2.86. The number of nitrogens with one attached hydrogen (secondary N) is 2. The quantitative estimate of drug-likeness (QED) is 0.718. The highest BCUT2D eigenvalue weighted by molar-refractivity contribution is 5.27. The van der Waals surface area contributed by atoms with Gasteiger partial charge in [0, 0.05) is 0 Å². The lowest BCUT2D eigenvalue weighted by Crippen LogP contribution is -2.06. The van der Waals surface area contributed by atoms with E-state index in [0.717, 1.165) is 11.1 Å². The molecular formula is C14H14N4. The third kappa shape index (κ3) is 2.48. The summed E-state index contributed by atoms with van der Waals surface area (Å²) in [4.78, 5) is 0. The van der Waals surface area contributed by atoms with Gasteiger partial charge in [-0.2, -0.15) is 10.2 Å². The molecule has 2 N–H and O–H groups in total. The lowest BCUT2D eigenvalue weighted by molar-refractivity contribution is 0.516. The van der Waals surface area contributed by atoms with Crippen molar-refractivity contribution in [1.82, 2.24) is 0 Å². The number of nitrogens with zero attached hydrogens (tertiary/aromatic N) is 2. The Balaban J connectivity index is 2.37. The lowest BCUT2D eigenvalue weighted by Gasteiger charge is -2.18. The Bertz CT molecular complexity index is 460. The molecule has 2 atom stereocenters. The van der Waals surface area contributed by atoms with E-state index in [0.29, 0.717) is 0 Å². The summed E-state index contributed by atoms with van der Waals surface area (Å²) in [5.74, 6) is 0. The van der Waals surface area contributed by atoms with Crippen LogP contribution in [0.15, 0.2) is 70.9 Å². The Hall–Kier alpha value is -2.36. The van der Waals surface area contributed by atoms with Crippen LogP contribution in [0.5, 0.6) is 0 Å². The highest BCUT2D eigenvalue weighted by Gasteiger charge is 2.23. The van der Waals surface area contributed by atoms with Crippen LogP contribution in [0.25, 0.3) is 0 Å². The molecule has 0 aliphatic carbocycles. The largest absolute Gasteiger partial charge is 0.209 e. The van der Waals surface area contributed by atoms with Crippen LogP contribution in [0.2, 0.25) is 0 Å². The maximum absolute atomic E-state index is 7.36. The van der Waals surface area contributed by atoms with Crippen LogP contribution >= 0.6 is 0 Å². The Labute approximate surface area is 106 Å². The highest BCUT2D eigenvalue weighted by atomic mass is 15.1. The zero-order valence-corrected chi connectivity index (χ0v) is 9.82. The molecule has 0 saturated heterocycles. The van der Waals surface area contributed by atoms with Crippen molar-refractivity contribution in [2.45, 2.75) is 12.1 Å². The van der Waals surface area contributed by atoms with E-state index in [9.17, 15) is 0 Å². The molecule has 2 rings (SSSR count). The number of hydrogen-bond donors (Lipinski definition) is 2. The van der Waals surface area contributed by atoms with Crippen molar-refractivity contribution in [3.05, 3.63) is 71.8 Å². The van der Waals surface area contributed by atoms with Gasteiger partial charge in [-0.3, -0.25) is 0 Å². The van der Waals surface area contributed by atoms with Gasteiger partial charge in [0.2, 0.25) is 0 Å². The predicted octanol–water partition coefficient (Wildman–Crippen LogP) is 4.53. The minimum atomic E-state index is -0.439. The summed E-state index contributed by atoms with van der Waals surface area (Å²) in [6.07, 6.45) is 0. The molecule has 18 heavy (non-hydrogen) atoms. The Morgan fingerprint density at radius 3 is 1.22 bits per heavy atom. The van der Waals surface area contributed by atoms with E-state index < -0.39 is 12.1 Å². The van der Waals surface area contributed by atoms with Gasteiger partial charge in [-0.05, 0) is 11.1 Å². The van der Waals surface area contributed by atoms with Crippen molar-refractivity contribution in [1.29, 1.82) is 11.1 Å². The first-order valence-electron chi connectivity index (χ1n) is 5.70. The second-order valence-electron chi connectivity index (χ2n) is 3.97. The molecule has 0 spiro atoms. The zero-order valence-electron chi connectivity index (χ0n) is 9.82. The molecule has 4 nitrogen and oxygen atoms in total. The summed E-state index contributed by atoms with van der Waals surface area (Å²) >= 11 is 0. The van der Waals surface area contributed by atoms with Crippen molar-refractivity contribution in [3.8, 4) is 0 Å². The minimum absolute atomic E-state index is 0.439. The Morgan fingerprint density at radius 2 is 0.944 bits per heavy atom. The van der Waals surface area contributed by atoms with E-state index in [-0.39, 0.29) is 0 Å². The molecular weight excluding hydrogens is 224 g/mol. The summed E-state index contributed by atoms with van der Waals surface area (Å²) in [6, 6.07) is 18.2. The van der Waals surface area contributed by atoms with Crippen LogP contribution in [0.1, 0.15) is 23.2 Å². The lowest BCUT2D eigenvalue weighted by atomic mass is 9.95. The minimum Gasteiger partial charge on any atom is -0.209 e. The molecule has 0 radical (unpaired) electrons. The van der Waals surface area contributed by atoms with Gasteiger partial charge >= 0.3 is 0 Å². The molecule has 0 saturated carbocycles. The summed E-state index contributed by atoms with van der Waals surface area (Å²) < 4.78 is 0. The number of hydrogen-bond acceptors (Lipinski definition) is 4. The second-order valence-corrected chi connectivity index (χ2v) is 3.97. The summed E-state index contributed by atoms with van der Waals surface area (Å²) in [5, 5.41) is 7.28. The molecule has 0 aromatic heterocycles. The number of benzene rings is 2. The van der Waals surface area contributed by atoms with Crippen molar-refractivity contribution >= 4 is 0 Å². The van der Waals surface area contributed by atoms with Gasteiger partial charge in [0.15, 0.2) is 0 Å². The molecule has 2 unspecified atom stereocenters. The summed E-state index contributed by atoms with van der Waals surface area (Å²) in [5.41, 5.74) is 16.5. The fourth-order valence-electron chi connectivity index (χ4n) is 1.96. The molecule has 0 heterocycles. The Kier molecular flexibility index (Phi) is 3.91. The molecule has 0 fully saturated rings. The van der Waals surface area contributed by atoms with Gasteiger partial charge < -0.3 is 0 Å². The van der Waals surface area contributed by atoms with Crippen molar-refractivity contribution in [2.75, 3.05) is 0 Å². The van der Waals surface area contributed by atoms with E-state index in [1.165, 1.54) is 0 Å². The van der Waals surface area contributed by atoms with Crippen LogP contribution < -0.4 is 0 Å². The first-order valence-corrected chi connectivity index (χ1v) is 5.70. The van der Waals surface area contributed by atoms with E-state index in [1.54, 1.807) is 0 Å². The predicted molar refractivity (Wildman–Crippen MR) is 68.7 cm³/mol. The average molecular weight is 238 g/mol. The van der Waals surface area contributed by atoms with Crippen molar-refractivity contribution < 1.29 is 0 Å². The smallest absolute Gasteiger partial charge is 0.124 e. The van der Waals surface area contributed by atoms with Crippen molar-refractivity contribution in [2.24, 2.45) is 10.2 Å². The molecule has 0 aliphatic rings. The number of rotatable bonds is 5. The first-order chi connectivity index (χ1) is 8.86. The molecule has 90 valence electrons. The third-order valence-electron chi connectivity index (χ3n) is 2.86. The maximum atomic E-state index is 7.36. The topological polar surface area (TPSA) is 72.4 Å². The van der Waals surface area contributed by atoms with E-state index in [2.05, 4.69) is 10.2 Å². The van der Waals surface area contributed by atoms with Gasteiger partial charge in [-0.25, -0.2) is 11.1 Å². The molecule has 2 aromatic carbocycles. The average Bonchev–Trinajstić information content (AvgIpc) is 2.46. The standard InChI is InChI=1S/C14H14N4/c15-17-13(11-7-3-1-4-8-11)14(18-16)12-9-5-2-6-10-12/h1-10,13-16H. The molecule has 2 aromatic rings. The molecule has 0 bridgehead atoms. The molecule has 4 heteroatoms. The SMILES string of the molecule is N=NC(c1ccccc1)C(N=N)c1ccccc1. The van der Waals surface area contributed by atoms with E-state index in [1.807, 2.05) is 60.7 Å². The molecule has 0 amide bonds. The summed E-state index contributed by atoms with van der Waals surface area (Å²) in [7, 11) is 0. The van der Waals surface area contributed by atoms with Gasteiger partial charge in [0.1, 0.15) is 12.1 Å². The second kappa shape index (κ2) is 5.82. The van der Waals surface area contributed by atoms with Crippen LogP contribution in [0.3, 0.4) is 0 Å². The van der Waals surface area contributed by atoms with Crippen LogP contribution in [0, 0.1) is 11.1 Å². The van der Waals surface area contributed by atoms with E-state index in [4.69, 9.17) is 11.1 Å². The Morgan fingerprint density at radius 1 is 0.611 bits per heavy atom. The van der Waals surface area contributed by atoms with Crippen molar-refractivity contribution in [3.63, 3.8) is 0 Å². The monoisotopic (exact) mass is 238 g/mol. The fraction of sp³-hybridized carbons (Fsp3) is 0.143. The zero-order chi connectivity index (χ0) is 12.8. The normalized spacial score (nSPS) is 13.6. The summed E-state index contributed by atoms with van der Waals surface area (Å²) in [6.45, 7) is 0.